The molecule has 0 fully saturated rings. The molecule has 0 spiro atoms. The van der Waals surface area contributed by atoms with Crippen LogP contribution in [0.4, 0.5) is 5.69 Å². The highest BCUT2D eigenvalue weighted by atomic mass is 16.6. The van der Waals surface area contributed by atoms with Crippen LogP contribution in [0.2, 0.25) is 0 Å². The Kier molecular flexibility index (Phi) is 5.57. The summed E-state index contributed by atoms with van der Waals surface area (Å²) in [7, 11) is 0. The Labute approximate surface area is 178 Å². The van der Waals surface area contributed by atoms with Crippen LogP contribution in [0, 0.1) is 10.1 Å². The van der Waals surface area contributed by atoms with Gasteiger partial charge in [0.15, 0.2) is 0 Å². The Bertz CT molecular complexity index is 1290. The topological polar surface area (TPSA) is 93.3 Å². The molecule has 7 heteroatoms. The number of aromatic amines is 1. The molecule has 0 bridgehead atoms. The first-order valence-corrected chi connectivity index (χ1v) is 9.75. The van der Waals surface area contributed by atoms with Gasteiger partial charge in [-0.05, 0) is 24.6 Å². The van der Waals surface area contributed by atoms with E-state index in [9.17, 15) is 14.9 Å². The van der Waals surface area contributed by atoms with Crippen molar-refractivity contribution in [2.75, 3.05) is 0 Å². The number of H-pyrrole nitrogens is 1. The van der Waals surface area contributed by atoms with Crippen LogP contribution >= 0.6 is 0 Å². The highest BCUT2D eigenvalue weighted by molar-refractivity contribution is 6.03. The number of hydrogen-bond acceptors (Lipinski definition) is 4. The maximum absolute atomic E-state index is 13.4. The van der Waals surface area contributed by atoms with Crippen LogP contribution < -0.4 is 5.56 Å². The predicted octanol–water partition coefficient (Wildman–Crippen LogP) is 4.75. The molecule has 0 unspecified atom stereocenters. The van der Waals surface area contributed by atoms with Crippen LogP contribution in [0.1, 0.15) is 18.1 Å². The second-order valence-corrected chi connectivity index (χ2v) is 7.03. The summed E-state index contributed by atoms with van der Waals surface area (Å²) >= 11 is 0. The normalized spacial score (nSPS) is 11.5. The number of hydrogen-bond donors (Lipinski definition) is 1. The number of nitrogens with one attached hydrogen (secondary N) is 1. The molecule has 31 heavy (non-hydrogen) atoms. The van der Waals surface area contributed by atoms with Crippen molar-refractivity contribution in [1.29, 1.82) is 0 Å². The zero-order valence-corrected chi connectivity index (χ0v) is 16.9. The molecule has 1 aromatic heterocycles. The van der Waals surface area contributed by atoms with E-state index in [1.54, 1.807) is 12.1 Å². The average molecular weight is 412 g/mol. The van der Waals surface area contributed by atoms with E-state index in [4.69, 9.17) is 0 Å². The fraction of sp³-hybridized carbons (Fsp3) is 0.0833. The molecule has 1 N–H and O–H groups in total. The highest BCUT2D eigenvalue weighted by Crippen LogP contribution is 2.22. The lowest BCUT2D eigenvalue weighted by molar-refractivity contribution is -0.384. The van der Waals surface area contributed by atoms with Crippen molar-refractivity contribution in [3.63, 3.8) is 0 Å². The molecule has 0 radical (unpaired) electrons. The van der Waals surface area contributed by atoms with Gasteiger partial charge in [-0.15, -0.1) is 0 Å². The maximum Gasteiger partial charge on any atom is 0.280 e. The third-order valence-corrected chi connectivity index (χ3v) is 4.98. The third-order valence-electron chi connectivity index (χ3n) is 4.98. The summed E-state index contributed by atoms with van der Waals surface area (Å²) in [6.45, 7) is 2.28. The summed E-state index contributed by atoms with van der Waals surface area (Å²) in [4.78, 5) is 28.5. The number of nitro groups is 1. The second kappa shape index (κ2) is 8.62. The molecule has 4 aromatic rings. The summed E-state index contributed by atoms with van der Waals surface area (Å²) in [6.07, 6.45) is 0. The zero-order valence-electron chi connectivity index (χ0n) is 16.9. The minimum absolute atomic E-state index is 0.0348. The van der Waals surface area contributed by atoms with Crippen LogP contribution in [-0.2, 0) is 6.54 Å². The van der Waals surface area contributed by atoms with E-state index < -0.39 is 4.92 Å². The zero-order chi connectivity index (χ0) is 21.8. The molecule has 0 saturated carbocycles. The molecule has 1 heterocycles. The van der Waals surface area contributed by atoms with Gasteiger partial charge < -0.3 is 0 Å². The summed E-state index contributed by atoms with van der Waals surface area (Å²) in [5.41, 5.74) is 3.85. The van der Waals surface area contributed by atoms with Crippen molar-refractivity contribution in [1.82, 2.24) is 9.78 Å². The molecule has 154 valence electrons. The third kappa shape index (κ3) is 4.20. The van der Waals surface area contributed by atoms with Crippen molar-refractivity contribution in [3.8, 4) is 16.9 Å². The summed E-state index contributed by atoms with van der Waals surface area (Å²) in [5, 5.41) is 14.1. The molecule has 4 rings (SSSR count). The fourth-order valence-corrected chi connectivity index (χ4v) is 3.36. The van der Waals surface area contributed by atoms with Gasteiger partial charge in [0.2, 0.25) is 0 Å². The maximum atomic E-state index is 13.4. The molecule has 3 aromatic carbocycles. The molecule has 0 aliphatic heterocycles. The fourth-order valence-electron chi connectivity index (χ4n) is 3.36. The Morgan fingerprint density at radius 1 is 0.968 bits per heavy atom. The average Bonchev–Trinajstić information content (AvgIpc) is 3.16. The van der Waals surface area contributed by atoms with E-state index in [1.165, 1.54) is 16.8 Å². The minimum Gasteiger partial charge on any atom is -0.290 e. The summed E-state index contributed by atoms with van der Waals surface area (Å²) in [6, 6.07) is 25.2. The molecule has 0 aliphatic carbocycles. The number of non-ortho nitro benzene ring substituents is 1. The Balaban J connectivity index is 1.81. The van der Waals surface area contributed by atoms with Gasteiger partial charge in [0.05, 0.1) is 28.4 Å². The van der Waals surface area contributed by atoms with Gasteiger partial charge >= 0.3 is 0 Å². The molecule has 0 amide bonds. The molecule has 7 nitrogen and oxygen atoms in total. The van der Waals surface area contributed by atoms with Crippen molar-refractivity contribution < 1.29 is 4.92 Å². The SMILES string of the molecule is CC(=NCc1ccccc1)c1c(-c2ccccc2)[nH]n(-c2ccc([N+](=O)[O-])cc2)c1=O. The van der Waals surface area contributed by atoms with Gasteiger partial charge in [-0.3, -0.25) is 25.0 Å². The standard InChI is InChI=1S/C24H20N4O3/c1-17(25-16-18-8-4-2-5-9-18)22-23(19-10-6-3-7-11-19)26-27(24(22)29)20-12-14-21(15-13-20)28(30)31/h2-15,26H,16H2,1H3. The summed E-state index contributed by atoms with van der Waals surface area (Å²) in [5.74, 6) is 0. The van der Waals surface area contributed by atoms with Gasteiger partial charge in [0, 0.05) is 23.4 Å². The largest absolute Gasteiger partial charge is 0.290 e. The number of rotatable bonds is 6. The first-order chi connectivity index (χ1) is 15.0. The van der Waals surface area contributed by atoms with Crippen LogP contribution in [0.5, 0.6) is 0 Å². The van der Waals surface area contributed by atoms with E-state index in [0.29, 0.717) is 29.2 Å². The van der Waals surface area contributed by atoms with Crippen LogP contribution in [0.25, 0.3) is 16.9 Å². The van der Waals surface area contributed by atoms with Crippen LogP contribution in [0.15, 0.2) is 94.7 Å². The first-order valence-electron chi connectivity index (χ1n) is 9.75. The van der Waals surface area contributed by atoms with Crippen molar-refractivity contribution >= 4 is 11.4 Å². The van der Waals surface area contributed by atoms with Gasteiger partial charge in [-0.2, -0.15) is 0 Å². The number of aliphatic imine (C=N–C) groups is 1. The Morgan fingerprint density at radius 3 is 2.19 bits per heavy atom. The summed E-state index contributed by atoms with van der Waals surface area (Å²) < 4.78 is 1.39. The Hall–Kier alpha value is -4.26. The van der Waals surface area contributed by atoms with E-state index in [2.05, 4.69) is 10.1 Å². The van der Waals surface area contributed by atoms with Crippen molar-refractivity contribution in [2.45, 2.75) is 13.5 Å². The number of aromatic nitrogens is 2. The number of nitrogens with zero attached hydrogens (tertiary/aromatic N) is 3. The monoisotopic (exact) mass is 412 g/mol. The lowest BCUT2D eigenvalue weighted by Gasteiger charge is -2.03. The first kappa shape index (κ1) is 20.0. The number of nitro benzene ring substituents is 1. The molecular weight excluding hydrogens is 392 g/mol. The van der Waals surface area contributed by atoms with Gasteiger partial charge in [-0.25, -0.2) is 4.68 Å². The van der Waals surface area contributed by atoms with Gasteiger partial charge in [0.25, 0.3) is 11.2 Å². The molecule has 0 saturated heterocycles. The van der Waals surface area contributed by atoms with Gasteiger partial charge in [-0.1, -0.05) is 60.7 Å². The smallest absolute Gasteiger partial charge is 0.280 e. The van der Waals surface area contributed by atoms with E-state index >= 15 is 0 Å². The van der Waals surface area contributed by atoms with Gasteiger partial charge in [0.1, 0.15) is 0 Å². The van der Waals surface area contributed by atoms with Crippen LogP contribution in [0.3, 0.4) is 0 Å². The number of benzene rings is 3. The molecular formula is C24H20N4O3. The quantitative estimate of drug-likeness (QED) is 0.281. The lowest BCUT2D eigenvalue weighted by Crippen LogP contribution is -2.19. The minimum atomic E-state index is -0.470. The predicted molar refractivity (Wildman–Crippen MR) is 121 cm³/mol. The lowest BCUT2D eigenvalue weighted by atomic mass is 10.1. The second-order valence-electron chi connectivity index (χ2n) is 7.03. The highest BCUT2D eigenvalue weighted by Gasteiger charge is 2.19. The molecule has 0 aliphatic rings. The molecule has 0 atom stereocenters. The van der Waals surface area contributed by atoms with E-state index in [1.807, 2.05) is 67.6 Å². The van der Waals surface area contributed by atoms with E-state index in [-0.39, 0.29) is 11.2 Å². The van der Waals surface area contributed by atoms with Crippen molar-refractivity contribution in [3.05, 3.63) is 117 Å². The van der Waals surface area contributed by atoms with Crippen LogP contribution in [-0.4, -0.2) is 20.4 Å². The van der Waals surface area contributed by atoms with E-state index in [0.717, 1.165) is 11.1 Å². The Morgan fingerprint density at radius 2 is 1.58 bits per heavy atom. The van der Waals surface area contributed by atoms with Crippen molar-refractivity contribution in [2.24, 2.45) is 4.99 Å².